The standard InChI is InChI=1S/C23H33N3O3S/c1-8-21(20-12-11-17(3)19(5)14-20)24-23(27)15-26(30(28,29)25(6)7)22-13-16(2)9-10-18(22)4/h9-14,21H,8,15H2,1-7H3,(H,24,27)/t21-/m1/s1. The molecule has 0 aliphatic carbocycles. The van der Waals surface area contributed by atoms with E-state index in [9.17, 15) is 13.2 Å². The SMILES string of the molecule is CC[C@@H](NC(=O)CN(c1cc(C)ccc1C)S(=O)(=O)N(C)C)c1ccc(C)c(C)c1. The third-order valence-electron chi connectivity index (χ3n) is 5.34. The van der Waals surface area contributed by atoms with E-state index >= 15 is 0 Å². The van der Waals surface area contributed by atoms with Crippen molar-refractivity contribution < 1.29 is 13.2 Å². The van der Waals surface area contributed by atoms with Crippen molar-refractivity contribution in [1.29, 1.82) is 0 Å². The summed E-state index contributed by atoms with van der Waals surface area (Å²) < 4.78 is 28.3. The van der Waals surface area contributed by atoms with Crippen LogP contribution < -0.4 is 9.62 Å². The van der Waals surface area contributed by atoms with Crippen molar-refractivity contribution in [3.8, 4) is 0 Å². The number of hydrogen-bond donors (Lipinski definition) is 1. The van der Waals surface area contributed by atoms with Crippen molar-refractivity contribution in [3.05, 3.63) is 64.2 Å². The number of amides is 1. The molecule has 0 bridgehead atoms. The summed E-state index contributed by atoms with van der Waals surface area (Å²) in [7, 11) is -0.905. The molecule has 0 aromatic heterocycles. The molecular weight excluding hydrogens is 398 g/mol. The van der Waals surface area contributed by atoms with Gasteiger partial charge in [-0.1, -0.05) is 37.3 Å². The average Bonchev–Trinajstić information content (AvgIpc) is 2.68. The largest absolute Gasteiger partial charge is 0.348 e. The third kappa shape index (κ3) is 5.40. The molecule has 2 aromatic rings. The number of rotatable bonds is 8. The minimum absolute atomic E-state index is 0.181. The van der Waals surface area contributed by atoms with E-state index in [1.807, 2.05) is 58.9 Å². The smallest absolute Gasteiger partial charge is 0.304 e. The van der Waals surface area contributed by atoms with E-state index < -0.39 is 10.2 Å². The molecule has 0 aliphatic rings. The lowest BCUT2D eigenvalue weighted by Gasteiger charge is -2.29. The average molecular weight is 432 g/mol. The first-order valence-electron chi connectivity index (χ1n) is 10.1. The topological polar surface area (TPSA) is 69.7 Å². The van der Waals surface area contributed by atoms with Crippen LogP contribution in [-0.4, -0.2) is 39.3 Å². The van der Waals surface area contributed by atoms with Crippen molar-refractivity contribution >= 4 is 21.8 Å². The van der Waals surface area contributed by atoms with Gasteiger partial charge in [0.25, 0.3) is 0 Å². The summed E-state index contributed by atoms with van der Waals surface area (Å²) in [5.74, 6) is -0.341. The summed E-state index contributed by atoms with van der Waals surface area (Å²) in [6.07, 6.45) is 0.706. The molecule has 1 N–H and O–H groups in total. The number of nitrogens with one attached hydrogen (secondary N) is 1. The normalized spacial score (nSPS) is 12.7. The zero-order valence-corrected chi connectivity index (χ0v) is 19.8. The summed E-state index contributed by atoms with van der Waals surface area (Å²) in [6.45, 7) is 9.54. The Morgan fingerprint density at radius 3 is 2.17 bits per heavy atom. The molecule has 0 unspecified atom stereocenters. The molecule has 0 fully saturated rings. The highest BCUT2D eigenvalue weighted by atomic mass is 32.2. The summed E-state index contributed by atoms with van der Waals surface area (Å²) >= 11 is 0. The molecule has 7 heteroatoms. The molecule has 164 valence electrons. The fourth-order valence-corrected chi connectivity index (χ4v) is 4.37. The van der Waals surface area contributed by atoms with Gasteiger partial charge in [-0.05, 0) is 68.0 Å². The van der Waals surface area contributed by atoms with Gasteiger partial charge < -0.3 is 5.32 Å². The van der Waals surface area contributed by atoms with Crippen LogP contribution in [0.15, 0.2) is 36.4 Å². The molecule has 0 aliphatic heterocycles. The Hall–Kier alpha value is -2.38. The number of hydrogen-bond acceptors (Lipinski definition) is 3. The number of carbonyl (C=O) groups excluding carboxylic acids is 1. The van der Waals surface area contributed by atoms with E-state index in [0.29, 0.717) is 12.1 Å². The number of carbonyl (C=O) groups is 1. The minimum Gasteiger partial charge on any atom is -0.348 e. The molecule has 6 nitrogen and oxygen atoms in total. The van der Waals surface area contributed by atoms with Gasteiger partial charge in [-0.3, -0.25) is 4.79 Å². The van der Waals surface area contributed by atoms with Crippen LogP contribution in [0.1, 0.15) is 47.2 Å². The molecule has 0 saturated heterocycles. The Bertz CT molecular complexity index is 1020. The zero-order chi connectivity index (χ0) is 22.6. The summed E-state index contributed by atoms with van der Waals surface area (Å²) in [4.78, 5) is 13.0. The lowest BCUT2D eigenvalue weighted by atomic mass is 9.99. The number of anilines is 1. The van der Waals surface area contributed by atoms with Crippen molar-refractivity contribution in [2.75, 3.05) is 24.9 Å². The van der Waals surface area contributed by atoms with E-state index in [0.717, 1.165) is 26.6 Å². The molecular formula is C23H33N3O3S. The van der Waals surface area contributed by atoms with Crippen molar-refractivity contribution in [3.63, 3.8) is 0 Å². The van der Waals surface area contributed by atoms with Gasteiger partial charge in [-0.25, -0.2) is 4.31 Å². The van der Waals surface area contributed by atoms with E-state index in [-0.39, 0.29) is 18.5 Å². The van der Waals surface area contributed by atoms with Gasteiger partial charge in [0.2, 0.25) is 5.91 Å². The van der Waals surface area contributed by atoms with E-state index in [1.54, 1.807) is 6.07 Å². The molecule has 0 saturated carbocycles. The van der Waals surface area contributed by atoms with Crippen molar-refractivity contribution in [2.24, 2.45) is 0 Å². The van der Waals surface area contributed by atoms with Crippen LogP contribution in [0.3, 0.4) is 0 Å². The second-order valence-corrected chi connectivity index (χ2v) is 10.0. The lowest BCUT2D eigenvalue weighted by Crippen LogP contribution is -2.46. The Morgan fingerprint density at radius 1 is 0.967 bits per heavy atom. The molecule has 1 atom stereocenters. The van der Waals surface area contributed by atoms with Gasteiger partial charge in [-0.2, -0.15) is 12.7 Å². The van der Waals surface area contributed by atoms with Crippen molar-refractivity contribution in [1.82, 2.24) is 9.62 Å². The van der Waals surface area contributed by atoms with Crippen LogP contribution >= 0.6 is 0 Å². The predicted octanol–water partition coefficient (Wildman–Crippen LogP) is 3.80. The maximum Gasteiger partial charge on any atom is 0.304 e. The Labute approximate surface area is 181 Å². The van der Waals surface area contributed by atoms with Crippen LogP contribution in [-0.2, 0) is 15.0 Å². The summed E-state index contributed by atoms with van der Waals surface area (Å²) in [5, 5.41) is 3.01. The highest BCUT2D eigenvalue weighted by molar-refractivity contribution is 7.90. The van der Waals surface area contributed by atoms with Crippen molar-refractivity contribution in [2.45, 2.75) is 47.1 Å². The second-order valence-electron chi connectivity index (χ2n) is 7.96. The maximum atomic E-state index is 13.0. The predicted molar refractivity (Wildman–Crippen MR) is 123 cm³/mol. The van der Waals surface area contributed by atoms with Crippen LogP contribution in [0.5, 0.6) is 0 Å². The highest BCUT2D eigenvalue weighted by Crippen LogP contribution is 2.26. The van der Waals surface area contributed by atoms with E-state index in [2.05, 4.69) is 11.4 Å². The fourth-order valence-electron chi connectivity index (χ4n) is 3.25. The maximum absolute atomic E-state index is 13.0. The first-order valence-corrected chi connectivity index (χ1v) is 11.5. The van der Waals surface area contributed by atoms with Crippen LogP contribution in [0.4, 0.5) is 5.69 Å². The van der Waals surface area contributed by atoms with Crippen LogP contribution in [0, 0.1) is 27.7 Å². The molecule has 2 rings (SSSR count). The van der Waals surface area contributed by atoms with Gasteiger partial charge in [-0.15, -0.1) is 0 Å². The first kappa shape index (κ1) is 23.9. The van der Waals surface area contributed by atoms with Gasteiger partial charge >= 0.3 is 10.2 Å². The first-order chi connectivity index (χ1) is 14.0. The number of nitrogens with zero attached hydrogens (tertiary/aromatic N) is 2. The minimum atomic E-state index is -3.84. The zero-order valence-electron chi connectivity index (χ0n) is 19.0. The fraction of sp³-hybridized carbons (Fsp3) is 0.435. The van der Waals surface area contributed by atoms with Crippen LogP contribution in [0.2, 0.25) is 0 Å². The Kier molecular flexibility index (Phi) is 7.66. The lowest BCUT2D eigenvalue weighted by molar-refractivity contribution is -0.120. The van der Waals surface area contributed by atoms with Gasteiger partial charge in [0.05, 0.1) is 11.7 Å². The monoisotopic (exact) mass is 431 g/mol. The number of benzene rings is 2. The Balaban J connectivity index is 2.33. The Morgan fingerprint density at radius 2 is 1.60 bits per heavy atom. The van der Waals surface area contributed by atoms with E-state index in [1.165, 1.54) is 24.0 Å². The highest BCUT2D eigenvalue weighted by Gasteiger charge is 2.29. The summed E-state index contributed by atoms with van der Waals surface area (Å²) in [6, 6.07) is 11.5. The molecule has 0 radical (unpaired) electrons. The molecule has 0 spiro atoms. The van der Waals surface area contributed by atoms with Crippen LogP contribution in [0.25, 0.3) is 0 Å². The van der Waals surface area contributed by atoms with Gasteiger partial charge in [0.15, 0.2) is 0 Å². The molecule has 1 amide bonds. The van der Waals surface area contributed by atoms with E-state index in [4.69, 9.17) is 0 Å². The molecule has 2 aromatic carbocycles. The van der Waals surface area contributed by atoms with Gasteiger partial charge in [0, 0.05) is 14.1 Å². The third-order valence-corrected chi connectivity index (χ3v) is 7.14. The summed E-state index contributed by atoms with van der Waals surface area (Å²) in [5.41, 5.74) is 5.60. The van der Waals surface area contributed by atoms with Gasteiger partial charge in [0.1, 0.15) is 6.54 Å². The second kappa shape index (κ2) is 9.62. The number of aryl methyl sites for hydroxylation is 4. The quantitative estimate of drug-likeness (QED) is 0.691. The molecule has 0 heterocycles. The molecule has 30 heavy (non-hydrogen) atoms.